The van der Waals surface area contributed by atoms with Crippen LogP contribution in [0.3, 0.4) is 0 Å². The largest absolute Gasteiger partial charge is 0.492 e. The molecule has 1 aromatic carbocycles. The van der Waals surface area contributed by atoms with Crippen molar-refractivity contribution in [3.8, 4) is 5.75 Å². The topological polar surface area (TPSA) is 63.5 Å². The lowest BCUT2D eigenvalue weighted by molar-refractivity contribution is -0.133. The molecule has 0 N–H and O–H groups in total. The monoisotopic (exact) mass is 341 g/mol. The molecule has 0 atom stereocenters. The molecule has 0 unspecified atom stereocenters. The summed E-state index contributed by atoms with van der Waals surface area (Å²) in [5.41, 5.74) is 1.15. The van der Waals surface area contributed by atoms with Crippen LogP contribution in [0.4, 0.5) is 0 Å². The number of ether oxygens (including phenoxy) is 1. The first kappa shape index (κ1) is 16.1. The van der Waals surface area contributed by atoms with Crippen molar-refractivity contribution in [3.63, 3.8) is 0 Å². The van der Waals surface area contributed by atoms with Crippen molar-refractivity contribution in [2.24, 2.45) is 0 Å². The number of carbonyl (C=O) groups is 1. The van der Waals surface area contributed by atoms with Gasteiger partial charge in [-0.25, -0.2) is 0 Å². The molecule has 2 aromatic rings. The lowest BCUT2D eigenvalue weighted by Crippen LogP contribution is -2.44. The first-order chi connectivity index (χ1) is 12.3. The third kappa shape index (κ3) is 3.66. The molecule has 3 heterocycles. The Morgan fingerprint density at radius 1 is 1.12 bits per heavy atom. The fraction of sp³-hybridized carbons (Fsp3) is 0.500. The molecule has 0 aliphatic carbocycles. The number of amides is 1. The van der Waals surface area contributed by atoms with E-state index in [0.29, 0.717) is 19.2 Å². The van der Waals surface area contributed by atoms with Gasteiger partial charge in [-0.15, -0.1) is 10.2 Å². The van der Waals surface area contributed by atoms with Crippen molar-refractivity contribution in [3.05, 3.63) is 42.5 Å². The van der Waals surface area contributed by atoms with E-state index in [1.54, 1.807) is 12.7 Å². The Kier molecular flexibility index (Phi) is 4.65. The summed E-state index contributed by atoms with van der Waals surface area (Å²) in [5.74, 6) is 1.15. The van der Waals surface area contributed by atoms with Crippen LogP contribution in [-0.4, -0.2) is 63.3 Å². The molecule has 2 aliphatic rings. The Hall–Kier alpha value is -2.41. The van der Waals surface area contributed by atoms with Crippen molar-refractivity contribution >= 4 is 5.91 Å². The molecule has 1 amide bonds. The molecule has 7 nitrogen and oxygen atoms in total. The first-order valence-corrected chi connectivity index (χ1v) is 8.84. The Labute approximate surface area is 147 Å². The highest BCUT2D eigenvalue weighted by molar-refractivity contribution is 5.78. The lowest BCUT2D eigenvalue weighted by Gasteiger charge is -2.33. The van der Waals surface area contributed by atoms with Crippen LogP contribution in [0.5, 0.6) is 5.75 Å². The zero-order valence-corrected chi connectivity index (χ0v) is 14.3. The summed E-state index contributed by atoms with van der Waals surface area (Å²) in [6, 6.07) is 8.47. The summed E-state index contributed by atoms with van der Waals surface area (Å²) >= 11 is 0. The number of piperidine rings is 1. The molecule has 0 bridgehead atoms. The average molecular weight is 341 g/mol. The summed E-state index contributed by atoms with van der Waals surface area (Å²) in [7, 11) is 0. The van der Waals surface area contributed by atoms with E-state index in [0.717, 1.165) is 50.3 Å². The van der Waals surface area contributed by atoms with E-state index in [4.69, 9.17) is 4.74 Å². The maximum Gasteiger partial charge on any atom is 0.236 e. The Morgan fingerprint density at radius 3 is 2.68 bits per heavy atom. The number of aromatic nitrogens is 3. The number of benzene rings is 1. The van der Waals surface area contributed by atoms with Crippen molar-refractivity contribution in [2.75, 3.05) is 32.8 Å². The van der Waals surface area contributed by atoms with Gasteiger partial charge in [0.25, 0.3) is 0 Å². The SMILES string of the molecule is O=C(CN1CCOc2ccccc2C1)N1CCC(n2cnnc2)CC1. The Bertz CT molecular complexity index is 710. The standard InChI is InChI=1S/C18H23N5O2/c24-18(22-7-5-16(6-8-22)23-13-19-20-14-23)12-21-9-10-25-17-4-2-1-3-15(17)11-21/h1-4,13-14,16H,5-12H2. The normalized spacial score (nSPS) is 19.1. The zero-order chi connectivity index (χ0) is 17.1. The minimum atomic E-state index is 0.210. The Balaban J connectivity index is 1.32. The molecule has 1 aromatic heterocycles. The van der Waals surface area contributed by atoms with Gasteiger partial charge in [0, 0.05) is 37.8 Å². The summed E-state index contributed by atoms with van der Waals surface area (Å²) in [5, 5.41) is 7.74. The number of carbonyl (C=O) groups excluding carboxylic acids is 1. The fourth-order valence-corrected chi connectivity index (χ4v) is 3.62. The highest BCUT2D eigenvalue weighted by Crippen LogP contribution is 2.24. The molecular weight excluding hydrogens is 318 g/mol. The zero-order valence-electron chi connectivity index (χ0n) is 14.3. The Morgan fingerprint density at radius 2 is 1.88 bits per heavy atom. The van der Waals surface area contributed by atoms with Gasteiger partial charge in [0.15, 0.2) is 0 Å². The second-order valence-corrected chi connectivity index (χ2v) is 6.69. The van der Waals surface area contributed by atoms with E-state index in [1.165, 1.54) is 0 Å². The third-order valence-corrected chi connectivity index (χ3v) is 5.07. The van der Waals surface area contributed by atoms with Crippen LogP contribution >= 0.6 is 0 Å². The molecule has 7 heteroatoms. The van der Waals surface area contributed by atoms with Crippen LogP contribution in [0.15, 0.2) is 36.9 Å². The quantitative estimate of drug-likeness (QED) is 0.843. The minimum absolute atomic E-state index is 0.210. The highest BCUT2D eigenvalue weighted by Gasteiger charge is 2.25. The maximum absolute atomic E-state index is 12.7. The van der Waals surface area contributed by atoms with Gasteiger partial charge in [0.2, 0.25) is 5.91 Å². The predicted octanol–water partition coefficient (Wildman–Crippen LogP) is 1.34. The second-order valence-electron chi connectivity index (χ2n) is 6.69. The smallest absolute Gasteiger partial charge is 0.236 e. The highest BCUT2D eigenvalue weighted by atomic mass is 16.5. The van der Waals surface area contributed by atoms with Crippen LogP contribution < -0.4 is 4.74 Å². The van der Waals surface area contributed by atoms with Crippen LogP contribution in [0.25, 0.3) is 0 Å². The van der Waals surface area contributed by atoms with Gasteiger partial charge in [0.05, 0.1) is 6.54 Å². The molecule has 132 valence electrons. The van der Waals surface area contributed by atoms with Crippen molar-refractivity contribution in [1.29, 1.82) is 0 Å². The maximum atomic E-state index is 12.7. The van der Waals surface area contributed by atoms with Gasteiger partial charge in [0.1, 0.15) is 25.0 Å². The van der Waals surface area contributed by atoms with Crippen LogP contribution in [0.2, 0.25) is 0 Å². The van der Waals surface area contributed by atoms with E-state index >= 15 is 0 Å². The molecule has 1 saturated heterocycles. The number of nitrogens with zero attached hydrogens (tertiary/aromatic N) is 5. The molecule has 1 fully saturated rings. The number of para-hydroxylation sites is 1. The molecular formula is C18H23N5O2. The number of hydrogen-bond acceptors (Lipinski definition) is 5. The van der Waals surface area contributed by atoms with E-state index in [2.05, 4.69) is 21.2 Å². The van der Waals surface area contributed by atoms with Crippen LogP contribution in [0.1, 0.15) is 24.4 Å². The van der Waals surface area contributed by atoms with Gasteiger partial charge in [-0.05, 0) is 18.9 Å². The fourth-order valence-electron chi connectivity index (χ4n) is 3.62. The molecule has 2 aliphatic heterocycles. The molecule has 0 radical (unpaired) electrons. The van der Waals surface area contributed by atoms with Crippen molar-refractivity contribution in [2.45, 2.75) is 25.4 Å². The number of fused-ring (bicyclic) bond motifs is 1. The summed E-state index contributed by atoms with van der Waals surface area (Å²) < 4.78 is 7.83. The first-order valence-electron chi connectivity index (χ1n) is 8.84. The number of likely N-dealkylation sites (tertiary alicyclic amines) is 1. The van der Waals surface area contributed by atoms with Crippen molar-refractivity contribution in [1.82, 2.24) is 24.6 Å². The summed E-state index contributed by atoms with van der Waals surface area (Å²) in [6.07, 6.45) is 5.43. The summed E-state index contributed by atoms with van der Waals surface area (Å²) in [6.45, 7) is 4.21. The number of hydrogen-bond donors (Lipinski definition) is 0. The van der Waals surface area contributed by atoms with Crippen molar-refractivity contribution < 1.29 is 9.53 Å². The summed E-state index contributed by atoms with van der Waals surface area (Å²) in [4.78, 5) is 16.9. The van der Waals surface area contributed by atoms with E-state index < -0.39 is 0 Å². The molecule has 25 heavy (non-hydrogen) atoms. The second kappa shape index (κ2) is 7.23. The molecule has 0 spiro atoms. The minimum Gasteiger partial charge on any atom is -0.492 e. The van der Waals surface area contributed by atoms with E-state index in [9.17, 15) is 4.79 Å². The third-order valence-electron chi connectivity index (χ3n) is 5.07. The van der Waals surface area contributed by atoms with Gasteiger partial charge < -0.3 is 14.2 Å². The average Bonchev–Trinajstić information content (AvgIpc) is 3.10. The van der Waals surface area contributed by atoms with Crippen LogP contribution in [-0.2, 0) is 11.3 Å². The molecule has 0 saturated carbocycles. The predicted molar refractivity (Wildman–Crippen MR) is 92.1 cm³/mol. The molecule has 4 rings (SSSR count). The van der Waals surface area contributed by atoms with Gasteiger partial charge in [-0.3, -0.25) is 9.69 Å². The van der Waals surface area contributed by atoms with E-state index in [-0.39, 0.29) is 5.91 Å². The lowest BCUT2D eigenvalue weighted by atomic mass is 10.0. The number of rotatable bonds is 3. The van der Waals surface area contributed by atoms with Crippen LogP contribution in [0, 0.1) is 0 Å². The van der Waals surface area contributed by atoms with Gasteiger partial charge in [-0.2, -0.15) is 0 Å². The van der Waals surface area contributed by atoms with E-state index in [1.807, 2.05) is 27.7 Å². The van der Waals surface area contributed by atoms with Gasteiger partial charge in [-0.1, -0.05) is 18.2 Å². The van der Waals surface area contributed by atoms with Gasteiger partial charge >= 0.3 is 0 Å².